The van der Waals surface area contributed by atoms with E-state index >= 15 is 0 Å². The molecule has 0 radical (unpaired) electrons. The summed E-state index contributed by atoms with van der Waals surface area (Å²) in [6.45, 7) is 0.0269. The predicted molar refractivity (Wildman–Crippen MR) is 62.1 cm³/mol. The Morgan fingerprint density at radius 3 is 2.35 bits per heavy atom. The first kappa shape index (κ1) is 16.1. The average Bonchev–Trinajstić information content (AvgIpc) is 2.37. The summed E-state index contributed by atoms with van der Waals surface area (Å²) in [4.78, 5) is 12.8. The Labute approximate surface area is 111 Å². The zero-order valence-corrected chi connectivity index (χ0v) is 10.3. The molecule has 0 spiro atoms. The van der Waals surface area contributed by atoms with Crippen LogP contribution in [0.4, 0.5) is 24.5 Å². The number of aliphatic hydroxyl groups excluding tert-OH is 2. The fourth-order valence-electron chi connectivity index (χ4n) is 1.30. The van der Waals surface area contributed by atoms with E-state index in [1.807, 2.05) is 0 Å². The number of alkyl halides is 3. The second-order valence-corrected chi connectivity index (χ2v) is 4.34. The van der Waals surface area contributed by atoms with Crippen molar-refractivity contribution < 1.29 is 28.3 Å². The van der Waals surface area contributed by atoms with Crippen LogP contribution in [0.5, 0.6) is 0 Å². The quantitative estimate of drug-likeness (QED) is 0.555. The molecular weight excluding hydrogens is 283 g/mol. The third-order valence-electron chi connectivity index (χ3n) is 2.50. The van der Waals surface area contributed by atoms with E-state index in [9.17, 15) is 23.3 Å². The van der Waals surface area contributed by atoms with E-state index in [2.05, 4.69) is 10.3 Å². The van der Waals surface area contributed by atoms with Gasteiger partial charge in [-0.3, -0.25) is 10.1 Å². The molecule has 0 atom stereocenters. The zero-order chi connectivity index (χ0) is 15.6. The molecule has 0 saturated carbocycles. The number of rotatable bonds is 5. The van der Waals surface area contributed by atoms with E-state index in [1.54, 1.807) is 0 Å². The summed E-state index contributed by atoms with van der Waals surface area (Å²) in [5, 5.41) is 31.3. The summed E-state index contributed by atoms with van der Waals surface area (Å²) in [7, 11) is 0. The van der Waals surface area contributed by atoms with Crippen molar-refractivity contribution in [1.82, 2.24) is 4.98 Å². The predicted octanol–water partition coefficient (Wildman–Crippen LogP) is 1.16. The summed E-state index contributed by atoms with van der Waals surface area (Å²) in [5.41, 5.74) is -3.90. The first-order valence-electron chi connectivity index (χ1n) is 5.34. The van der Waals surface area contributed by atoms with Crippen LogP contribution in [-0.4, -0.2) is 38.9 Å². The zero-order valence-electron chi connectivity index (χ0n) is 10.3. The molecule has 1 aromatic heterocycles. The van der Waals surface area contributed by atoms with Crippen LogP contribution in [0.25, 0.3) is 0 Å². The molecule has 0 saturated heterocycles. The van der Waals surface area contributed by atoms with Crippen molar-refractivity contribution in [3.05, 3.63) is 28.1 Å². The number of pyridine rings is 1. The van der Waals surface area contributed by atoms with Crippen LogP contribution in [0, 0.1) is 10.1 Å². The Morgan fingerprint density at radius 2 is 1.95 bits per heavy atom. The van der Waals surface area contributed by atoms with Gasteiger partial charge in [-0.05, 0) is 13.0 Å². The molecule has 1 rings (SSSR count). The highest BCUT2D eigenvalue weighted by Crippen LogP contribution is 2.33. The number of hydrogen-bond donors (Lipinski definition) is 3. The molecule has 0 unspecified atom stereocenters. The van der Waals surface area contributed by atoms with Gasteiger partial charge in [0.25, 0.3) is 0 Å². The Balaban J connectivity index is 3.29. The van der Waals surface area contributed by atoms with Gasteiger partial charge >= 0.3 is 11.9 Å². The van der Waals surface area contributed by atoms with E-state index in [1.165, 1.54) is 6.92 Å². The number of nitrogens with one attached hydrogen (secondary N) is 1. The summed E-state index contributed by atoms with van der Waals surface area (Å²) in [6.07, 6.45) is -4.29. The van der Waals surface area contributed by atoms with Crippen LogP contribution in [0.2, 0.25) is 0 Å². The van der Waals surface area contributed by atoms with Gasteiger partial charge in [0.1, 0.15) is 17.6 Å². The number of halogens is 3. The standard InChI is InChI=1S/C10H12F3N3O4/c1-9(4-17,5-18)15-6-2-8(10(11,12)13)14-3-7(6)16(19)20/h2-3,17-18H,4-5H2,1H3,(H,14,15). The number of hydrogen-bond acceptors (Lipinski definition) is 6. The van der Waals surface area contributed by atoms with E-state index in [4.69, 9.17) is 10.2 Å². The van der Waals surface area contributed by atoms with Crippen molar-refractivity contribution >= 4 is 11.4 Å². The van der Waals surface area contributed by atoms with Crippen LogP contribution >= 0.6 is 0 Å². The van der Waals surface area contributed by atoms with E-state index in [0.717, 1.165) is 0 Å². The fourth-order valence-corrected chi connectivity index (χ4v) is 1.30. The minimum absolute atomic E-state index is 0.460. The third kappa shape index (κ3) is 3.54. The Bertz CT molecular complexity index is 503. The molecular formula is C10H12F3N3O4. The largest absolute Gasteiger partial charge is 0.433 e. The first-order valence-corrected chi connectivity index (χ1v) is 5.34. The van der Waals surface area contributed by atoms with Crippen LogP contribution in [0.15, 0.2) is 12.3 Å². The van der Waals surface area contributed by atoms with E-state index in [0.29, 0.717) is 12.3 Å². The number of nitrogens with zero attached hydrogens (tertiary/aromatic N) is 2. The minimum atomic E-state index is -4.76. The lowest BCUT2D eigenvalue weighted by Gasteiger charge is -2.27. The molecule has 0 aliphatic heterocycles. The molecule has 10 heteroatoms. The topological polar surface area (TPSA) is 109 Å². The first-order chi connectivity index (χ1) is 9.13. The highest BCUT2D eigenvalue weighted by molar-refractivity contribution is 5.62. The average molecular weight is 295 g/mol. The molecule has 0 bridgehead atoms. The molecule has 0 aliphatic carbocycles. The SMILES string of the molecule is CC(CO)(CO)Nc1cc(C(F)(F)F)ncc1[N+](=O)[O-]. The van der Waals surface area contributed by atoms with Crippen molar-refractivity contribution in [3.63, 3.8) is 0 Å². The summed E-state index contributed by atoms with van der Waals surface area (Å²) in [5.74, 6) is 0. The molecule has 0 aromatic carbocycles. The van der Waals surface area contributed by atoms with Crippen LogP contribution in [0.3, 0.4) is 0 Å². The summed E-state index contributed by atoms with van der Waals surface area (Å²) < 4.78 is 37.6. The normalized spacial score (nSPS) is 12.3. The maximum absolute atomic E-state index is 12.5. The summed E-state index contributed by atoms with van der Waals surface area (Å²) in [6, 6.07) is 0.460. The van der Waals surface area contributed by atoms with Crippen LogP contribution in [0.1, 0.15) is 12.6 Å². The van der Waals surface area contributed by atoms with Gasteiger partial charge in [0.05, 0.1) is 23.7 Å². The highest BCUT2D eigenvalue weighted by Gasteiger charge is 2.35. The van der Waals surface area contributed by atoms with E-state index in [-0.39, 0.29) is 0 Å². The molecule has 0 fully saturated rings. The maximum Gasteiger partial charge on any atom is 0.433 e. The van der Waals surface area contributed by atoms with Crippen LogP contribution < -0.4 is 5.32 Å². The molecule has 20 heavy (non-hydrogen) atoms. The van der Waals surface area contributed by atoms with Gasteiger partial charge in [-0.15, -0.1) is 0 Å². The molecule has 112 valence electrons. The van der Waals surface area contributed by atoms with Crippen molar-refractivity contribution in [2.24, 2.45) is 0 Å². The fraction of sp³-hybridized carbons (Fsp3) is 0.500. The van der Waals surface area contributed by atoms with Crippen molar-refractivity contribution in [1.29, 1.82) is 0 Å². The second kappa shape index (κ2) is 5.59. The van der Waals surface area contributed by atoms with Gasteiger partial charge < -0.3 is 15.5 Å². The lowest BCUT2D eigenvalue weighted by atomic mass is 10.0. The van der Waals surface area contributed by atoms with Gasteiger partial charge in [-0.2, -0.15) is 13.2 Å². The summed E-state index contributed by atoms with van der Waals surface area (Å²) >= 11 is 0. The number of aromatic nitrogens is 1. The number of anilines is 1. The lowest BCUT2D eigenvalue weighted by molar-refractivity contribution is -0.384. The van der Waals surface area contributed by atoms with Crippen molar-refractivity contribution in [2.75, 3.05) is 18.5 Å². The maximum atomic E-state index is 12.5. The Hall–Kier alpha value is -1.94. The van der Waals surface area contributed by atoms with Gasteiger partial charge in [-0.25, -0.2) is 4.98 Å². The molecule has 0 aliphatic rings. The molecule has 3 N–H and O–H groups in total. The minimum Gasteiger partial charge on any atom is -0.394 e. The Kier molecular flexibility index (Phi) is 4.50. The van der Waals surface area contributed by atoms with Crippen molar-refractivity contribution in [3.8, 4) is 0 Å². The molecule has 1 aromatic rings. The monoisotopic (exact) mass is 295 g/mol. The van der Waals surface area contributed by atoms with E-state index < -0.39 is 46.9 Å². The number of aliphatic hydroxyl groups is 2. The van der Waals surface area contributed by atoms with Gasteiger partial charge in [-0.1, -0.05) is 0 Å². The van der Waals surface area contributed by atoms with Gasteiger partial charge in [0.2, 0.25) is 0 Å². The van der Waals surface area contributed by atoms with Crippen LogP contribution in [-0.2, 0) is 6.18 Å². The molecule has 0 amide bonds. The highest BCUT2D eigenvalue weighted by atomic mass is 19.4. The lowest BCUT2D eigenvalue weighted by Crippen LogP contribution is -2.42. The third-order valence-corrected chi connectivity index (χ3v) is 2.50. The number of nitro groups is 1. The second-order valence-electron chi connectivity index (χ2n) is 4.34. The van der Waals surface area contributed by atoms with Crippen molar-refractivity contribution in [2.45, 2.75) is 18.6 Å². The van der Waals surface area contributed by atoms with Gasteiger partial charge in [0.15, 0.2) is 0 Å². The smallest absolute Gasteiger partial charge is 0.394 e. The Morgan fingerprint density at radius 1 is 1.40 bits per heavy atom. The molecule has 1 heterocycles. The van der Waals surface area contributed by atoms with Gasteiger partial charge in [0, 0.05) is 0 Å². The molecule has 7 nitrogen and oxygen atoms in total.